The highest BCUT2D eigenvalue weighted by molar-refractivity contribution is 5.49. The third-order valence-corrected chi connectivity index (χ3v) is 5.35. The van der Waals surface area contributed by atoms with Gasteiger partial charge in [0.25, 0.3) is 0 Å². The molecule has 0 fully saturated rings. The van der Waals surface area contributed by atoms with Crippen LogP contribution in [0.4, 0.5) is 0 Å². The molecule has 0 aliphatic rings. The Balaban J connectivity index is 2.65. The van der Waals surface area contributed by atoms with Crippen molar-refractivity contribution in [3.8, 4) is 11.5 Å². The zero-order chi connectivity index (χ0) is 19.0. The molecule has 0 saturated heterocycles. The first kappa shape index (κ1) is 22.9. The number of methoxy groups -OCH3 is 2. The van der Waals surface area contributed by atoms with Crippen LogP contribution in [0.25, 0.3) is 0 Å². The standard InChI is InChI=1S/C24H42O2/c1-5-7-9-11-13-15-17-21-22(18-16-14-12-10-8-6-2)24(26-4)20-19-23(21)25-3/h19-20H,5-18H2,1-4H3. The van der Waals surface area contributed by atoms with Crippen molar-refractivity contribution in [1.82, 2.24) is 0 Å². The van der Waals surface area contributed by atoms with Crippen LogP contribution in [0.3, 0.4) is 0 Å². The van der Waals surface area contributed by atoms with E-state index >= 15 is 0 Å². The summed E-state index contributed by atoms with van der Waals surface area (Å²) in [4.78, 5) is 0. The summed E-state index contributed by atoms with van der Waals surface area (Å²) in [6.45, 7) is 4.55. The van der Waals surface area contributed by atoms with Crippen molar-refractivity contribution in [2.24, 2.45) is 0 Å². The molecule has 0 aliphatic heterocycles. The maximum atomic E-state index is 5.68. The molecule has 0 heterocycles. The van der Waals surface area contributed by atoms with Crippen LogP contribution in [-0.4, -0.2) is 14.2 Å². The molecule has 150 valence electrons. The fraction of sp³-hybridized carbons (Fsp3) is 0.750. The van der Waals surface area contributed by atoms with Crippen LogP contribution in [0.1, 0.15) is 102 Å². The summed E-state index contributed by atoms with van der Waals surface area (Å²) in [5.74, 6) is 2.08. The second-order valence-electron chi connectivity index (χ2n) is 7.46. The maximum absolute atomic E-state index is 5.68. The molecule has 1 aromatic rings. The van der Waals surface area contributed by atoms with Gasteiger partial charge in [-0.1, -0.05) is 78.1 Å². The van der Waals surface area contributed by atoms with E-state index in [0.29, 0.717) is 0 Å². The van der Waals surface area contributed by atoms with Crippen LogP contribution in [0.15, 0.2) is 12.1 Å². The van der Waals surface area contributed by atoms with Crippen LogP contribution in [0.5, 0.6) is 11.5 Å². The van der Waals surface area contributed by atoms with Crippen molar-refractivity contribution in [1.29, 1.82) is 0 Å². The van der Waals surface area contributed by atoms with Gasteiger partial charge in [-0.05, 0) is 37.8 Å². The van der Waals surface area contributed by atoms with Gasteiger partial charge in [-0.3, -0.25) is 0 Å². The minimum atomic E-state index is 1.04. The van der Waals surface area contributed by atoms with Gasteiger partial charge in [0.2, 0.25) is 0 Å². The Morgan fingerprint density at radius 2 is 0.885 bits per heavy atom. The molecule has 0 bridgehead atoms. The quantitative estimate of drug-likeness (QED) is 0.283. The summed E-state index contributed by atoms with van der Waals surface area (Å²) in [5, 5.41) is 0. The van der Waals surface area contributed by atoms with Gasteiger partial charge in [0.15, 0.2) is 0 Å². The van der Waals surface area contributed by atoms with Gasteiger partial charge in [0.05, 0.1) is 14.2 Å². The van der Waals surface area contributed by atoms with E-state index < -0.39 is 0 Å². The molecule has 1 aromatic carbocycles. The van der Waals surface area contributed by atoms with E-state index in [0.717, 1.165) is 24.3 Å². The number of benzene rings is 1. The molecule has 0 unspecified atom stereocenters. The normalized spacial score (nSPS) is 10.9. The Morgan fingerprint density at radius 1 is 0.538 bits per heavy atom. The van der Waals surface area contributed by atoms with Gasteiger partial charge in [-0.15, -0.1) is 0 Å². The molecule has 0 radical (unpaired) electrons. The Bertz CT molecular complexity index is 425. The molecule has 2 nitrogen and oxygen atoms in total. The molecule has 2 heteroatoms. The molecule has 0 N–H and O–H groups in total. The van der Waals surface area contributed by atoms with Crippen LogP contribution in [0.2, 0.25) is 0 Å². The molecule has 0 saturated carbocycles. The van der Waals surface area contributed by atoms with E-state index in [1.807, 2.05) is 0 Å². The maximum Gasteiger partial charge on any atom is 0.122 e. The van der Waals surface area contributed by atoms with Crippen molar-refractivity contribution < 1.29 is 9.47 Å². The van der Waals surface area contributed by atoms with Crippen LogP contribution >= 0.6 is 0 Å². The summed E-state index contributed by atoms with van der Waals surface area (Å²) >= 11 is 0. The zero-order valence-electron chi connectivity index (χ0n) is 17.9. The predicted molar refractivity (Wildman–Crippen MR) is 114 cm³/mol. The summed E-state index contributed by atoms with van der Waals surface area (Å²) in [6, 6.07) is 4.16. The molecule has 0 atom stereocenters. The van der Waals surface area contributed by atoms with Gasteiger partial charge < -0.3 is 9.47 Å². The molecular formula is C24H42O2. The smallest absolute Gasteiger partial charge is 0.122 e. The molecule has 0 amide bonds. The van der Waals surface area contributed by atoms with Gasteiger partial charge in [-0.25, -0.2) is 0 Å². The Morgan fingerprint density at radius 3 is 1.23 bits per heavy atom. The SMILES string of the molecule is CCCCCCCCc1c(OC)ccc(OC)c1CCCCCCCC. The summed E-state index contributed by atoms with van der Waals surface area (Å²) in [7, 11) is 3.59. The number of rotatable bonds is 16. The highest BCUT2D eigenvalue weighted by atomic mass is 16.5. The highest BCUT2D eigenvalue weighted by Crippen LogP contribution is 2.33. The van der Waals surface area contributed by atoms with Gasteiger partial charge in [-0.2, -0.15) is 0 Å². The van der Waals surface area contributed by atoms with Crippen LogP contribution in [0, 0.1) is 0 Å². The van der Waals surface area contributed by atoms with Crippen molar-refractivity contribution >= 4 is 0 Å². The highest BCUT2D eigenvalue weighted by Gasteiger charge is 2.14. The third kappa shape index (κ3) is 8.47. The summed E-state index contributed by atoms with van der Waals surface area (Å²) < 4.78 is 11.4. The van der Waals surface area contributed by atoms with Crippen molar-refractivity contribution in [3.05, 3.63) is 23.3 Å². The van der Waals surface area contributed by atoms with Crippen LogP contribution in [-0.2, 0) is 12.8 Å². The topological polar surface area (TPSA) is 18.5 Å². The number of hydrogen-bond donors (Lipinski definition) is 0. The average molecular weight is 363 g/mol. The van der Waals surface area contributed by atoms with Crippen molar-refractivity contribution in [2.45, 2.75) is 104 Å². The number of hydrogen-bond acceptors (Lipinski definition) is 2. The summed E-state index contributed by atoms with van der Waals surface area (Å²) in [5.41, 5.74) is 2.77. The molecule has 0 aromatic heterocycles. The van der Waals surface area contributed by atoms with E-state index in [9.17, 15) is 0 Å². The first-order valence-electron chi connectivity index (χ1n) is 11.0. The summed E-state index contributed by atoms with van der Waals surface area (Å²) in [6.07, 6.45) is 18.2. The predicted octanol–water partition coefficient (Wildman–Crippen LogP) is 7.51. The van der Waals surface area contributed by atoms with Gasteiger partial charge in [0.1, 0.15) is 11.5 Å². The first-order chi connectivity index (χ1) is 12.8. The van der Waals surface area contributed by atoms with Crippen LogP contribution < -0.4 is 9.47 Å². The molecule has 1 rings (SSSR count). The van der Waals surface area contributed by atoms with Crippen molar-refractivity contribution in [3.63, 3.8) is 0 Å². The lowest BCUT2D eigenvalue weighted by atomic mass is 9.94. The minimum Gasteiger partial charge on any atom is -0.496 e. The van der Waals surface area contributed by atoms with E-state index in [-0.39, 0.29) is 0 Å². The Kier molecular flexibility index (Phi) is 13.1. The second-order valence-corrected chi connectivity index (χ2v) is 7.46. The Labute approximate surface area is 162 Å². The first-order valence-corrected chi connectivity index (χ1v) is 11.0. The average Bonchev–Trinajstić information content (AvgIpc) is 2.67. The van der Waals surface area contributed by atoms with Gasteiger partial charge >= 0.3 is 0 Å². The molecular weight excluding hydrogens is 320 g/mol. The Hall–Kier alpha value is -1.18. The largest absolute Gasteiger partial charge is 0.496 e. The lowest BCUT2D eigenvalue weighted by molar-refractivity contribution is 0.392. The monoisotopic (exact) mass is 362 g/mol. The second kappa shape index (κ2) is 14.9. The zero-order valence-corrected chi connectivity index (χ0v) is 17.9. The van der Waals surface area contributed by atoms with Gasteiger partial charge in [0, 0.05) is 11.1 Å². The van der Waals surface area contributed by atoms with Crippen molar-refractivity contribution in [2.75, 3.05) is 14.2 Å². The lowest BCUT2D eigenvalue weighted by Gasteiger charge is -2.17. The molecule has 0 spiro atoms. The van der Waals surface area contributed by atoms with E-state index in [2.05, 4.69) is 26.0 Å². The fourth-order valence-electron chi connectivity index (χ4n) is 3.74. The van der Waals surface area contributed by atoms with E-state index in [1.165, 1.54) is 88.2 Å². The minimum absolute atomic E-state index is 1.04. The fourth-order valence-corrected chi connectivity index (χ4v) is 3.74. The lowest BCUT2D eigenvalue weighted by Crippen LogP contribution is -2.03. The molecule has 26 heavy (non-hydrogen) atoms. The number of ether oxygens (including phenoxy) is 2. The number of unbranched alkanes of at least 4 members (excludes halogenated alkanes) is 10. The van der Waals surface area contributed by atoms with E-state index in [1.54, 1.807) is 14.2 Å². The third-order valence-electron chi connectivity index (χ3n) is 5.35. The van der Waals surface area contributed by atoms with E-state index in [4.69, 9.17) is 9.47 Å². The molecule has 0 aliphatic carbocycles.